The Kier molecular flexibility index (Phi) is 2.64. The quantitative estimate of drug-likeness (QED) is 0.663. The highest BCUT2D eigenvalue weighted by atomic mass is 32.2. The summed E-state index contributed by atoms with van der Waals surface area (Å²) >= 11 is 2.18. The molecule has 1 heterocycles. The maximum absolute atomic E-state index is 3.86. The normalized spacial score (nSPS) is 47.1. The topological polar surface area (TPSA) is 12.0 Å². The second-order valence-corrected chi connectivity index (χ2v) is 7.44. The minimum Gasteiger partial charge on any atom is -0.300 e. The van der Waals surface area contributed by atoms with Gasteiger partial charge in [0.15, 0.2) is 0 Å². The Hall–Kier alpha value is 0.310. The monoisotopic (exact) mass is 213 g/mol. The van der Waals surface area contributed by atoms with Gasteiger partial charge < -0.3 is 5.32 Å². The molecule has 0 aromatic heterocycles. The summed E-state index contributed by atoms with van der Waals surface area (Å²) in [5.74, 6) is 2.17. The average Bonchev–Trinajstić information content (AvgIpc) is 2.20. The first-order chi connectivity index (χ1) is 6.44. The van der Waals surface area contributed by atoms with Crippen LogP contribution in [-0.2, 0) is 0 Å². The van der Waals surface area contributed by atoms with Gasteiger partial charge in [0.05, 0.1) is 4.87 Å². The predicted octanol–water partition coefficient (Wildman–Crippen LogP) is 3.25. The molecule has 14 heavy (non-hydrogen) atoms. The molecule has 0 bridgehead atoms. The minimum absolute atomic E-state index is 0.404. The number of hydrogen-bond acceptors (Lipinski definition) is 2. The molecule has 1 N–H and O–H groups in total. The van der Waals surface area contributed by atoms with Gasteiger partial charge in [0.2, 0.25) is 0 Å². The van der Waals surface area contributed by atoms with Gasteiger partial charge in [-0.2, -0.15) is 0 Å². The van der Waals surface area contributed by atoms with Crippen molar-refractivity contribution in [3.63, 3.8) is 0 Å². The van der Waals surface area contributed by atoms with Crippen LogP contribution in [0.3, 0.4) is 0 Å². The van der Waals surface area contributed by atoms with Gasteiger partial charge in [0.1, 0.15) is 0 Å². The minimum atomic E-state index is 0.404. The number of rotatable bonds is 0. The maximum Gasteiger partial charge on any atom is 0.0678 e. The second-order valence-electron chi connectivity index (χ2n) is 6.02. The molecule has 1 aliphatic heterocycles. The Morgan fingerprint density at radius 1 is 1.29 bits per heavy atom. The van der Waals surface area contributed by atoms with Crippen LogP contribution in [0.15, 0.2) is 0 Å². The van der Waals surface area contributed by atoms with Crippen LogP contribution in [0.25, 0.3) is 0 Å². The van der Waals surface area contributed by atoms with Crippen LogP contribution in [0.5, 0.6) is 0 Å². The van der Waals surface area contributed by atoms with Crippen LogP contribution >= 0.6 is 11.8 Å². The van der Waals surface area contributed by atoms with E-state index in [1.807, 2.05) is 0 Å². The van der Waals surface area contributed by atoms with Crippen LogP contribution in [0.2, 0.25) is 0 Å². The number of hydrogen-bond donors (Lipinski definition) is 1. The van der Waals surface area contributed by atoms with Crippen molar-refractivity contribution < 1.29 is 0 Å². The van der Waals surface area contributed by atoms with E-state index in [9.17, 15) is 0 Å². The first kappa shape index (κ1) is 10.8. The first-order valence-corrected chi connectivity index (χ1v) is 6.84. The van der Waals surface area contributed by atoms with E-state index < -0.39 is 0 Å². The molecule has 0 aromatic rings. The van der Waals surface area contributed by atoms with Crippen LogP contribution in [-0.4, -0.2) is 16.7 Å². The van der Waals surface area contributed by atoms with E-state index in [-0.39, 0.29) is 0 Å². The SMILES string of the molecule is CC1CCSC2(CC(C)(C)CC2C)N1. The lowest BCUT2D eigenvalue weighted by molar-refractivity contribution is 0.318. The molecule has 1 nitrogen and oxygen atoms in total. The fourth-order valence-corrected chi connectivity index (χ4v) is 5.27. The summed E-state index contributed by atoms with van der Waals surface area (Å²) in [7, 11) is 0. The highest BCUT2D eigenvalue weighted by molar-refractivity contribution is 8.00. The van der Waals surface area contributed by atoms with E-state index in [2.05, 4.69) is 44.8 Å². The molecule has 0 aromatic carbocycles. The van der Waals surface area contributed by atoms with Crippen molar-refractivity contribution in [2.45, 2.75) is 57.9 Å². The fraction of sp³-hybridized carbons (Fsp3) is 1.00. The van der Waals surface area contributed by atoms with Crippen molar-refractivity contribution in [2.24, 2.45) is 11.3 Å². The lowest BCUT2D eigenvalue weighted by Gasteiger charge is -2.41. The molecule has 3 atom stereocenters. The summed E-state index contributed by atoms with van der Waals surface area (Å²) in [6.45, 7) is 9.59. The summed E-state index contributed by atoms with van der Waals surface area (Å²) in [6.07, 6.45) is 4.05. The van der Waals surface area contributed by atoms with Crippen molar-refractivity contribution in [2.75, 3.05) is 5.75 Å². The summed E-state index contributed by atoms with van der Waals surface area (Å²) < 4.78 is 0. The smallest absolute Gasteiger partial charge is 0.0678 e. The molecule has 1 aliphatic carbocycles. The van der Waals surface area contributed by atoms with Crippen molar-refractivity contribution in [3.8, 4) is 0 Å². The van der Waals surface area contributed by atoms with Gasteiger partial charge in [-0.15, -0.1) is 11.8 Å². The van der Waals surface area contributed by atoms with Gasteiger partial charge >= 0.3 is 0 Å². The molecule has 0 radical (unpaired) electrons. The lowest BCUT2D eigenvalue weighted by Crippen LogP contribution is -2.52. The molecule has 1 spiro atoms. The summed E-state index contributed by atoms with van der Waals surface area (Å²) in [6, 6.07) is 0.715. The summed E-state index contributed by atoms with van der Waals surface area (Å²) in [5, 5.41) is 3.86. The predicted molar refractivity (Wildman–Crippen MR) is 64.6 cm³/mol. The fourth-order valence-electron chi connectivity index (χ4n) is 3.29. The molecule has 0 amide bonds. The van der Waals surface area contributed by atoms with Crippen molar-refractivity contribution in [1.82, 2.24) is 5.32 Å². The molecule has 1 saturated heterocycles. The average molecular weight is 213 g/mol. The highest BCUT2D eigenvalue weighted by Gasteiger charge is 2.50. The van der Waals surface area contributed by atoms with E-state index >= 15 is 0 Å². The van der Waals surface area contributed by atoms with E-state index in [0.717, 1.165) is 5.92 Å². The van der Waals surface area contributed by atoms with Crippen LogP contribution < -0.4 is 5.32 Å². The molecule has 2 heteroatoms. The van der Waals surface area contributed by atoms with Gasteiger partial charge in [0.25, 0.3) is 0 Å². The zero-order chi connectivity index (χ0) is 10.4. The molecule has 2 fully saturated rings. The molecule has 3 unspecified atom stereocenters. The van der Waals surface area contributed by atoms with Crippen LogP contribution in [0, 0.1) is 11.3 Å². The molecular formula is C12H23NS. The van der Waals surface area contributed by atoms with E-state index in [1.165, 1.54) is 25.0 Å². The standard InChI is InChI=1S/C12H23NS/c1-9-7-11(3,4)8-12(9)13-10(2)5-6-14-12/h9-10,13H,5-8H2,1-4H3. The largest absolute Gasteiger partial charge is 0.300 e. The Morgan fingerprint density at radius 2 is 2.00 bits per heavy atom. The van der Waals surface area contributed by atoms with E-state index in [4.69, 9.17) is 0 Å². The van der Waals surface area contributed by atoms with Gasteiger partial charge in [0, 0.05) is 6.04 Å². The van der Waals surface area contributed by atoms with Crippen molar-refractivity contribution in [3.05, 3.63) is 0 Å². The molecule has 82 valence electrons. The Bertz CT molecular complexity index is 226. The Morgan fingerprint density at radius 3 is 2.50 bits per heavy atom. The lowest BCUT2D eigenvalue weighted by atomic mass is 9.91. The molecule has 2 aliphatic rings. The summed E-state index contributed by atoms with van der Waals surface area (Å²) in [4.78, 5) is 0.404. The van der Waals surface area contributed by atoms with Gasteiger partial charge in [-0.25, -0.2) is 0 Å². The third-order valence-corrected chi connectivity index (χ3v) is 5.42. The molecular weight excluding hydrogens is 190 g/mol. The summed E-state index contributed by atoms with van der Waals surface area (Å²) in [5.41, 5.74) is 0.538. The van der Waals surface area contributed by atoms with Gasteiger partial charge in [-0.05, 0) is 43.3 Å². The van der Waals surface area contributed by atoms with Crippen LogP contribution in [0.4, 0.5) is 0 Å². The number of thioether (sulfide) groups is 1. The van der Waals surface area contributed by atoms with Crippen molar-refractivity contribution in [1.29, 1.82) is 0 Å². The van der Waals surface area contributed by atoms with Crippen molar-refractivity contribution >= 4 is 11.8 Å². The maximum atomic E-state index is 3.86. The first-order valence-electron chi connectivity index (χ1n) is 5.85. The molecule has 1 saturated carbocycles. The molecule has 2 rings (SSSR count). The Labute approximate surface area is 92.4 Å². The van der Waals surface area contributed by atoms with Crippen LogP contribution in [0.1, 0.15) is 47.0 Å². The number of nitrogens with one attached hydrogen (secondary N) is 1. The third-order valence-electron chi connectivity index (χ3n) is 3.80. The van der Waals surface area contributed by atoms with E-state index in [0.29, 0.717) is 16.3 Å². The third kappa shape index (κ3) is 1.83. The Balaban J connectivity index is 2.15. The zero-order valence-electron chi connectivity index (χ0n) is 9.89. The zero-order valence-corrected chi connectivity index (χ0v) is 10.7. The highest BCUT2D eigenvalue weighted by Crippen LogP contribution is 2.54. The van der Waals surface area contributed by atoms with Gasteiger partial charge in [-0.3, -0.25) is 0 Å². The van der Waals surface area contributed by atoms with Gasteiger partial charge in [-0.1, -0.05) is 20.8 Å². The van der Waals surface area contributed by atoms with E-state index in [1.54, 1.807) is 0 Å². The second kappa shape index (κ2) is 3.41.